The third-order valence-electron chi connectivity index (χ3n) is 6.76. The van der Waals surface area contributed by atoms with Crippen LogP contribution >= 0.6 is 0 Å². The van der Waals surface area contributed by atoms with Crippen molar-refractivity contribution in [3.63, 3.8) is 0 Å². The average molecular weight is 576 g/mol. The lowest BCUT2D eigenvalue weighted by Gasteiger charge is -2.15. The van der Waals surface area contributed by atoms with Gasteiger partial charge in [0.25, 0.3) is 5.56 Å². The highest BCUT2D eigenvalue weighted by molar-refractivity contribution is 5.88. The van der Waals surface area contributed by atoms with E-state index in [0.717, 1.165) is 5.39 Å². The molecule has 0 aliphatic rings. The number of rotatable bonds is 9. The number of carboxylic acid groups (broad SMARTS) is 1. The summed E-state index contributed by atoms with van der Waals surface area (Å²) in [5, 5.41) is 15.1. The molecule has 0 spiro atoms. The van der Waals surface area contributed by atoms with Crippen molar-refractivity contribution in [2.75, 3.05) is 14.2 Å². The van der Waals surface area contributed by atoms with Gasteiger partial charge in [0.05, 0.1) is 36.9 Å². The smallest absolute Gasteiger partial charge is 0.335 e. The van der Waals surface area contributed by atoms with Crippen molar-refractivity contribution < 1.29 is 28.5 Å². The van der Waals surface area contributed by atoms with E-state index in [1.54, 1.807) is 42.5 Å². The molecule has 2 heterocycles. The highest BCUT2D eigenvalue weighted by Crippen LogP contribution is 2.39. The summed E-state index contributed by atoms with van der Waals surface area (Å²) in [6.07, 6.45) is 1.50. The Hall–Kier alpha value is -5.90. The zero-order valence-corrected chi connectivity index (χ0v) is 23.2. The summed E-state index contributed by atoms with van der Waals surface area (Å²) in [4.78, 5) is 29.7. The first-order valence-corrected chi connectivity index (χ1v) is 13.2. The number of nitrogens with zero attached hydrogens (tertiary/aromatic N) is 3. The van der Waals surface area contributed by atoms with Crippen LogP contribution in [0, 0.1) is 0 Å². The fraction of sp³-hybridized carbons (Fsp3) is 0.0909. The lowest BCUT2D eigenvalue weighted by molar-refractivity contribution is 0.0696. The molecule has 0 aliphatic carbocycles. The van der Waals surface area contributed by atoms with Crippen molar-refractivity contribution in [3.05, 3.63) is 118 Å². The van der Waals surface area contributed by atoms with Gasteiger partial charge in [-0.05, 0) is 54.1 Å². The Labute approximate surface area is 245 Å². The third-order valence-corrected chi connectivity index (χ3v) is 6.76. The second kappa shape index (κ2) is 11.5. The van der Waals surface area contributed by atoms with E-state index in [-0.39, 0.29) is 23.6 Å². The zero-order valence-electron chi connectivity index (χ0n) is 23.2. The number of para-hydroxylation sites is 2. The minimum Gasteiger partial charge on any atom is -0.493 e. The molecule has 6 rings (SSSR count). The van der Waals surface area contributed by atoms with E-state index in [9.17, 15) is 14.7 Å². The van der Waals surface area contributed by atoms with E-state index in [0.29, 0.717) is 50.6 Å². The summed E-state index contributed by atoms with van der Waals surface area (Å²) in [6, 6.07) is 26.3. The Balaban J connectivity index is 1.38. The molecule has 43 heavy (non-hydrogen) atoms. The number of hydrogen-bond acceptors (Lipinski definition) is 8. The maximum atomic E-state index is 13.6. The Kier molecular flexibility index (Phi) is 7.32. The predicted molar refractivity (Wildman–Crippen MR) is 161 cm³/mol. The van der Waals surface area contributed by atoms with Gasteiger partial charge in [0, 0.05) is 10.9 Å². The van der Waals surface area contributed by atoms with Gasteiger partial charge in [0.2, 0.25) is 11.6 Å². The molecule has 0 bridgehead atoms. The van der Waals surface area contributed by atoms with Gasteiger partial charge < -0.3 is 23.7 Å². The molecule has 0 radical (unpaired) electrons. The number of aromatic carboxylic acids is 1. The molecular formula is C33H25N3O7. The van der Waals surface area contributed by atoms with Crippen LogP contribution in [0.4, 0.5) is 0 Å². The third kappa shape index (κ3) is 5.41. The van der Waals surface area contributed by atoms with Crippen LogP contribution in [-0.4, -0.2) is 41.2 Å². The van der Waals surface area contributed by atoms with Crippen LogP contribution in [-0.2, 0) is 6.61 Å². The topological polar surface area (TPSA) is 125 Å². The molecule has 6 aromatic rings. The Bertz CT molecular complexity index is 2020. The number of aromatic nitrogens is 2. The van der Waals surface area contributed by atoms with Crippen LogP contribution < -0.4 is 19.8 Å². The van der Waals surface area contributed by atoms with Crippen LogP contribution in [0.15, 0.2) is 105 Å². The van der Waals surface area contributed by atoms with Crippen LogP contribution in [0.3, 0.4) is 0 Å². The van der Waals surface area contributed by atoms with Crippen molar-refractivity contribution in [3.8, 4) is 28.8 Å². The van der Waals surface area contributed by atoms with Gasteiger partial charge in [-0.25, -0.2) is 9.78 Å². The molecule has 214 valence electrons. The Morgan fingerprint density at radius 3 is 2.44 bits per heavy atom. The first-order chi connectivity index (χ1) is 20.9. The molecule has 0 fully saturated rings. The van der Waals surface area contributed by atoms with Gasteiger partial charge in [0.1, 0.15) is 12.2 Å². The normalized spacial score (nSPS) is 11.3. The zero-order chi connectivity index (χ0) is 29.9. The van der Waals surface area contributed by atoms with Crippen LogP contribution in [0.1, 0.15) is 21.5 Å². The molecule has 10 heteroatoms. The number of benzene rings is 4. The van der Waals surface area contributed by atoms with Gasteiger partial charge >= 0.3 is 5.97 Å². The SMILES string of the molecule is COc1cc(C=Nn2c(-c3cc4ccccc4o3)nc3ccccc3c2=O)cc(OC)c1OCc1cccc(C(=O)O)c1. The highest BCUT2D eigenvalue weighted by atomic mass is 16.5. The first-order valence-electron chi connectivity index (χ1n) is 13.2. The van der Waals surface area contributed by atoms with Gasteiger partial charge in [-0.3, -0.25) is 4.79 Å². The quantitative estimate of drug-likeness (QED) is 0.209. The second-order valence-electron chi connectivity index (χ2n) is 9.51. The van der Waals surface area contributed by atoms with Crippen molar-refractivity contribution in [2.24, 2.45) is 5.10 Å². The van der Waals surface area contributed by atoms with Crippen molar-refractivity contribution in [1.82, 2.24) is 9.66 Å². The van der Waals surface area contributed by atoms with Gasteiger partial charge in [-0.2, -0.15) is 9.78 Å². The van der Waals surface area contributed by atoms with Crippen LogP contribution in [0.5, 0.6) is 17.2 Å². The minimum absolute atomic E-state index is 0.0836. The van der Waals surface area contributed by atoms with E-state index < -0.39 is 5.97 Å². The molecule has 0 amide bonds. The number of carboxylic acids is 1. The van der Waals surface area contributed by atoms with Crippen LogP contribution in [0.25, 0.3) is 33.5 Å². The summed E-state index contributed by atoms with van der Waals surface area (Å²) < 4.78 is 24.4. The average Bonchev–Trinajstić information content (AvgIpc) is 3.47. The minimum atomic E-state index is -1.02. The number of carbonyl (C=O) groups is 1. The molecule has 0 saturated carbocycles. The number of methoxy groups -OCH3 is 2. The fourth-order valence-electron chi connectivity index (χ4n) is 4.67. The van der Waals surface area contributed by atoms with E-state index in [4.69, 9.17) is 23.6 Å². The van der Waals surface area contributed by atoms with Crippen molar-refractivity contribution in [1.29, 1.82) is 0 Å². The molecule has 4 aromatic carbocycles. The number of furan rings is 1. The summed E-state index contributed by atoms with van der Waals surface area (Å²) in [5.74, 6) is 0.666. The first kappa shape index (κ1) is 27.3. The second-order valence-corrected chi connectivity index (χ2v) is 9.51. The lowest BCUT2D eigenvalue weighted by Crippen LogP contribution is -2.20. The van der Waals surface area contributed by atoms with Crippen LogP contribution in [0.2, 0.25) is 0 Å². The fourth-order valence-corrected chi connectivity index (χ4v) is 4.67. The van der Waals surface area contributed by atoms with Gasteiger partial charge in [0.15, 0.2) is 17.3 Å². The van der Waals surface area contributed by atoms with Crippen molar-refractivity contribution >= 4 is 34.1 Å². The summed E-state index contributed by atoms with van der Waals surface area (Å²) in [5.41, 5.74) is 2.20. The standard InChI is InChI=1S/C33H25N3O7/c1-40-27-15-21(16-28(41-2)30(27)42-19-20-8-7-10-23(14-20)33(38)39)18-34-36-31(29-17-22-9-3-6-13-26(22)43-29)35-25-12-5-4-11-24(25)32(36)37/h3-18H,19H2,1-2H3,(H,38,39). The monoisotopic (exact) mass is 575 g/mol. The molecule has 2 aromatic heterocycles. The molecule has 0 atom stereocenters. The summed E-state index contributed by atoms with van der Waals surface area (Å²) in [7, 11) is 2.98. The molecule has 10 nitrogen and oxygen atoms in total. The molecule has 1 N–H and O–H groups in total. The van der Waals surface area contributed by atoms with Gasteiger partial charge in [-0.15, -0.1) is 0 Å². The molecule has 0 unspecified atom stereocenters. The number of hydrogen-bond donors (Lipinski definition) is 1. The largest absolute Gasteiger partial charge is 0.493 e. The number of fused-ring (bicyclic) bond motifs is 2. The lowest BCUT2D eigenvalue weighted by atomic mass is 10.1. The molecule has 0 aliphatic heterocycles. The van der Waals surface area contributed by atoms with Crippen molar-refractivity contribution in [2.45, 2.75) is 6.61 Å². The van der Waals surface area contributed by atoms with E-state index in [1.807, 2.05) is 36.4 Å². The number of ether oxygens (including phenoxy) is 3. The van der Waals surface area contributed by atoms with Gasteiger partial charge in [-0.1, -0.05) is 42.5 Å². The van der Waals surface area contributed by atoms with E-state index in [2.05, 4.69) is 5.10 Å². The Morgan fingerprint density at radius 2 is 1.70 bits per heavy atom. The van der Waals surface area contributed by atoms with E-state index >= 15 is 0 Å². The molecular weight excluding hydrogens is 550 g/mol. The summed E-state index contributed by atoms with van der Waals surface area (Å²) in [6.45, 7) is 0.0836. The van der Waals surface area contributed by atoms with E-state index in [1.165, 1.54) is 37.2 Å². The maximum Gasteiger partial charge on any atom is 0.335 e. The Morgan fingerprint density at radius 1 is 0.953 bits per heavy atom. The summed E-state index contributed by atoms with van der Waals surface area (Å²) >= 11 is 0. The molecule has 0 saturated heterocycles. The highest BCUT2D eigenvalue weighted by Gasteiger charge is 2.18. The predicted octanol–water partition coefficient (Wildman–Crippen LogP) is 5.99. The maximum absolute atomic E-state index is 13.6.